The van der Waals surface area contributed by atoms with Crippen molar-refractivity contribution < 1.29 is 26.1 Å². The lowest BCUT2D eigenvalue weighted by atomic mass is 9.99. The summed E-state index contributed by atoms with van der Waals surface area (Å²) in [4.78, 5) is -1.21. The molecule has 0 unspecified atom stereocenters. The van der Waals surface area contributed by atoms with Gasteiger partial charge in [-0.15, -0.1) is 0 Å². The normalized spacial score (nSPS) is 11.7. The van der Waals surface area contributed by atoms with Gasteiger partial charge in [-0.3, -0.25) is 0 Å². The highest BCUT2D eigenvalue weighted by Crippen LogP contribution is 2.36. The quantitative estimate of drug-likeness (QED) is 0.768. The number of nitrogens with zero attached hydrogens (tertiary/aromatic N) is 1. The molecule has 2 N–H and O–H groups in total. The number of benzene rings is 2. The zero-order chi connectivity index (χ0) is 18.4. The van der Waals surface area contributed by atoms with Crippen LogP contribution >= 0.6 is 0 Å². The van der Waals surface area contributed by atoms with Crippen LogP contribution in [0.25, 0.3) is 22.4 Å². The van der Waals surface area contributed by atoms with Crippen molar-refractivity contribution in [1.29, 1.82) is 0 Å². The van der Waals surface area contributed by atoms with Crippen LogP contribution in [0.1, 0.15) is 5.76 Å². The Morgan fingerprint density at radius 2 is 1.56 bits per heavy atom. The van der Waals surface area contributed by atoms with Gasteiger partial charge in [-0.2, -0.15) is 0 Å². The van der Waals surface area contributed by atoms with Gasteiger partial charge in [0.1, 0.15) is 28.9 Å². The van der Waals surface area contributed by atoms with Crippen LogP contribution in [0.2, 0.25) is 0 Å². The van der Waals surface area contributed by atoms with Crippen molar-refractivity contribution in [3.8, 4) is 22.4 Å². The number of aryl methyl sites for hydroxylation is 1. The summed E-state index contributed by atoms with van der Waals surface area (Å²) in [6, 6.07) is 6.93. The molecule has 0 aliphatic carbocycles. The second-order valence-corrected chi connectivity index (χ2v) is 6.78. The van der Waals surface area contributed by atoms with E-state index in [1.165, 1.54) is 31.2 Å². The molecule has 0 amide bonds. The topological polar surface area (TPSA) is 86.2 Å². The van der Waals surface area contributed by atoms with Crippen LogP contribution in [0.4, 0.5) is 13.2 Å². The molecule has 0 aliphatic heterocycles. The molecule has 3 rings (SSSR count). The maximum absolute atomic E-state index is 14.1. The van der Waals surface area contributed by atoms with Gasteiger partial charge in [-0.05, 0) is 48.9 Å². The van der Waals surface area contributed by atoms with Crippen LogP contribution in [0.15, 0.2) is 45.8 Å². The molecule has 0 atom stereocenters. The summed E-state index contributed by atoms with van der Waals surface area (Å²) in [7, 11) is -4.56. The van der Waals surface area contributed by atoms with Gasteiger partial charge in [-0.1, -0.05) is 5.16 Å². The number of hydrogen-bond acceptors (Lipinski definition) is 4. The Balaban J connectivity index is 2.22. The van der Waals surface area contributed by atoms with Gasteiger partial charge in [0.15, 0.2) is 4.90 Å². The van der Waals surface area contributed by atoms with Crippen molar-refractivity contribution in [1.82, 2.24) is 5.16 Å². The van der Waals surface area contributed by atoms with E-state index >= 15 is 0 Å². The molecule has 3 aromatic rings. The van der Waals surface area contributed by atoms with Gasteiger partial charge in [0, 0.05) is 5.56 Å². The molecule has 1 heterocycles. The molecule has 5 nitrogen and oxygen atoms in total. The Labute approximate surface area is 140 Å². The largest absolute Gasteiger partial charge is 0.360 e. The number of primary sulfonamides is 1. The minimum atomic E-state index is -4.56. The Hall–Kier alpha value is -2.65. The lowest BCUT2D eigenvalue weighted by Crippen LogP contribution is -2.16. The van der Waals surface area contributed by atoms with Gasteiger partial charge in [0.05, 0.1) is 5.56 Å². The van der Waals surface area contributed by atoms with E-state index in [-0.39, 0.29) is 22.6 Å². The van der Waals surface area contributed by atoms with E-state index in [1.54, 1.807) is 0 Å². The average Bonchev–Trinajstić information content (AvgIpc) is 2.87. The number of nitrogens with two attached hydrogens (primary N) is 1. The van der Waals surface area contributed by atoms with E-state index in [2.05, 4.69) is 5.16 Å². The second kappa shape index (κ2) is 6.01. The standard InChI is InChI=1S/C16H11F3N2O3S/c1-8-14(15(21-24-8)9-2-4-11(17)5-3-9)10-6-12(18)16(13(19)7-10)25(20,22)23/h2-7H,1H3,(H2,20,22,23). The van der Waals surface area contributed by atoms with Crippen LogP contribution in [0.5, 0.6) is 0 Å². The van der Waals surface area contributed by atoms with Gasteiger partial charge < -0.3 is 4.52 Å². The number of rotatable bonds is 3. The molecule has 130 valence electrons. The average molecular weight is 368 g/mol. The van der Waals surface area contributed by atoms with Crippen LogP contribution in [-0.2, 0) is 10.0 Å². The maximum atomic E-state index is 14.1. The monoisotopic (exact) mass is 368 g/mol. The van der Waals surface area contributed by atoms with Gasteiger partial charge >= 0.3 is 0 Å². The van der Waals surface area contributed by atoms with Crippen LogP contribution in [0.3, 0.4) is 0 Å². The maximum Gasteiger partial charge on any atom is 0.243 e. The van der Waals surface area contributed by atoms with E-state index in [0.29, 0.717) is 5.56 Å². The van der Waals surface area contributed by atoms with E-state index < -0.39 is 32.4 Å². The smallest absolute Gasteiger partial charge is 0.243 e. The third-order valence-corrected chi connectivity index (χ3v) is 4.51. The van der Waals surface area contributed by atoms with Crippen molar-refractivity contribution in [2.75, 3.05) is 0 Å². The first-order valence-corrected chi connectivity index (χ1v) is 8.47. The number of halogens is 3. The van der Waals surface area contributed by atoms with E-state index in [4.69, 9.17) is 9.66 Å². The minimum absolute atomic E-state index is 0.0143. The summed E-state index contributed by atoms with van der Waals surface area (Å²) >= 11 is 0. The fourth-order valence-corrected chi connectivity index (χ4v) is 3.15. The number of sulfonamides is 1. The fraction of sp³-hybridized carbons (Fsp3) is 0.0625. The van der Waals surface area contributed by atoms with Gasteiger partial charge in [-0.25, -0.2) is 26.7 Å². The molecule has 0 saturated heterocycles. The fourth-order valence-electron chi connectivity index (χ4n) is 2.49. The molecule has 0 fully saturated rings. The second-order valence-electron chi connectivity index (χ2n) is 5.28. The molecule has 25 heavy (non-hydrogen) atoms. The van der Waals surface area contributed by atoms with Crippen LogP contribution < -0.4 is 5.14 Å². The third kappa shape index (κ3) is 3.15. The Morgan fingerprint density at radius 3 is 2.08 bits per heavy atom. The van der Waals surface area contributed by atoms with Crippen LogP contribution in [0, 0.1) is 24.4 Å². The lowest BCUT2D eigenvalue weighted by molar-refractivity contribution is 0.400. The molecular formula is C16H11F3N2O3S. The zero-order valence-electron chi connectivity index (χ0n) is 12.8. The molecule has 0 spiro atoms. The molecule has 0 saturated carbocycles. The van der Waals surface area contributed by atoms with E-state index in [0.717, 1.165) is 12.1 Å². The van der Waals surface area contributed by atoms with Crippen molar-refractivity contribution in [2.24, 2.45) is 5.14 Å². The van der Waals surface area contributed by atoms with Crippen molar-refractivity contribution >= 4 is 10.0 Å². The molecule has 1 aromatic heterocycles. The summed E-state index contributed by atoms with van der Waals surface area (Å²) in [5, 5.41) is 8.66. The molecule has 2 aromatic carbocycles. The summed E-state index contributed by atoms with van der Waals surface area (Å²) in [6.45, 7) is 1.53. The summed E-state index contributed by atoms with van der Waals surface area (Å²) in [5.41, 5.74) is 0.968. The summed E-state index contributed by atoms with van der Waals surface area (Å²) < 4.78 is 69.0. The molecule has 0 aliphatic rings. The molecule has 0 radical (unpaired) electrons. The van der Waals surface area contributed by atoms with E-state index in [1.807, 2.05) is 0 Å². The SMILES string of the molecule is Cc1onc(-c2ccc(F)cc2)c1-c1cc(F)c(S(N)(=O)=O)c(F)c1. The zero-order valence-corrected chi connectivity index (χ0v) is 13.6. The van der Waals surface area contributed by atoms with Crippen molar-refractivity contribution in [2.45, 2.75) is 11.8 Å². The highest BCUT2D eigenvalue weighted by molar-refractivity contribution is 7.89. The van der Waals surface area contributed by atoms with Crippen LogP contribution in [-0.4, -0.2) is 13.6 Å². The summed E-state index contributed by atoms with van der Waals surface area (Å²) in [6.07, 6.45) is 0. The molecule has 0 bridgehead atoms. The Kier molecular flexibility index (Phi) is 4.13. The van der Waals surface area contributed by atoms with Gasteiger partial charge in [0.25, 0.3) is 0 Å². The Morgan fingerprint density at radius 1 is 1.00 bits per heavy atom. The lowest BCUT2D eigenvalue weighted by Gasteiger charge is -2.07. The number of aromatic nitrogens is 1. The number of hydrogen-bond donors (Lipinski definition) is 1. The molecular weight excluding hydrogens is 357 g/mol. The molecule has 9 heteroatoms. The first-order chi connectivity index (χ1) is 11.7. The van der Waals surface area contributed by atoms with E-state index in [9.17, 15) is 21.6 Å². The first-order valence-electron chi connectivity index (χ1n) is 6.93. The highest BCUT2D eigenvalue weighted by atomic mass is 32.2. The predicted octanol–water partition coefficient (Wildman–Crippen LogP) is 3.38. The first kappa shape index (κ1) is 17.2. The highest BCUT2D eigenvalue weighted by Gasteiger charge is 2.24. The summed E-state index contributed by atoms with van der Waals surface area (Å²) in [5.74, 6) is -2.87. The third-order valence-electron chi connectivity index (χ3n) is 3.55. The Bertz CT molecular complexity index is 1040. The predicted molar refractivity (Wildman–Crippen MR) is 83.4 cm³/mol. The van der Waals surface area contributed by atoms with Crippen molar-refractivity contribution in [3.05, 3.63) is 59.6 Å². The van der Waals surface area contributed by atoms with Crippen molar-refractivity contribution in [3.63, 3.8) is 0 Å². The van der Waals surface area contributed by atoms with Gasteiger partial charge in [0.2, 0.25) is 10.0 Å². The minimum Gasteiger partial charge on any atom is -0.360 e.